The van der Waals surface area contributed by atoms with Crippen molar-refractivity contribution in [1.82, 2.24) is 0 Å². The van der Waals surface area contributed by atoms with Crippen LogP contribution >= 0.6 is 0 Å². The van der Waals surface area contributed by atoms with E-state index in [1.165, 1.54) is 5.57 Å². The van der Waals surface area contributed by atoms with Gasteiger partial charge in [0.05, 0.1) is 0 Å². The minimum atomic E-state index is -0.207. The van der Waals surface area contributed by atoms with Gasteiger partial charge in [-0.05, 0) is 33.3 Å². The normalized spacial score (nSPS) is 14.7. The van der Waals surface area contributed by atoms with Crippen molar-refractivity contribution in [3.63, 3.8) is 0 Å². The van der Waals surface area contributed by atoms with E-state index in [9.17, 15) is 0 Å². The van der Waals surface area contributed by atoms with Gasteiger partial charge in [0, 0.05) is 5.54 Å². The van der Waals surface area contributed by atoms with E-state index in [-0.39, 0.29) is 5.54 Å². The minimum absolute atomic E-state index is 0.207. The van der Waals surface area contributed by atoms with E-state index in [0.29, 0.717) is 0 Å². The van der Waals surface area contributed by atoms with E-state index in [0.717, 1.165) is 0 Å². The van der Waals surface area contributed by atoms with Crippen LogP contribution in [0, 0.1) is 0 Å². The average molecular weight is 139 g/mol. The molecule has 0 aliphatic heterocycles. The molecular weight excluding hydrogens is 122 g/mol. The minimum Gasteiger partial charge on any atom is -0.322 e. The van der Waals surface area contributed by atoms with Gasteiger partial charge in [-0.2, -0.15) is 0 Å². The fraction of sp³-hybridized carbons (Fsp3) is 0.556. The van der Waals surface area contributed by atoms with Crippen LogP contribution in [-0.4, -0.2) is 5.54 Å². The standard InChI is InChI=1S/C9H17N/c1-5-7-8(6-2)9(3,4)10/h5-7H,10H2,1-4H3/b7-5-,8-6+. The molecule has 1 nitrogen and oxygen atoms in total. The molecule has 0 atom stereocenters. The number of hydrogen-bond donors (Lipinski definition) is 1. The molecule has 0 aromatic carbocycles. The molecule has 0 spiro atoms. The van der Waals surface area contributed by atoms with Gasteiger partial charge in [0.1, 0.15) is 0 Å². The fourth-order valence-electron chi connectivity index (χ4n) is 0.863. The Kier molecular flexibility index (Phi) is 3.37. The zero-order chi connectivity index (χ0) is 8.20. The van der Waals surface area contributed by atoms with Crippen molar-refractivity contribution in [2.75, 3.05) is 0 Å². The van der Waals surface area contributed by atoms with Gasteiger partial charge in [-0.15, -0.1) is 0 Å². The highest BCUT2D eigenvalue weighted by Crippen LogP contribution is 2.12. The zero-order valence-corrected chi connectivity index (χ0v) is 7.31. The van der Waals surface area contributed by atoms with E-state index >= 15 is 0 Å². The number of hydrogen-bond acceptors (Lipinski definition) is 1. The lowest BCUT2D eigenvalue weighted by molar-refractivity contribution is 0.625. The molecule has 0 aliphatic rings. The van der Waals surface area contributed by atoms with Gasteiger partial charge in [0.25, 0.3) is 0 Å². The molecule has 2 N–H and O–H groups in total. The molecule has 0 rings (SSSR count). The maximum absolute atomic E-state index is 5.86. The number of rotatable bonds is 2. The first kappa shape index (κ1) is 9.44. The van der Waals surface area contributed by atoms with Gasteiger partial charge in [0.2, 0.25) is 0 Å². The molecule has 0 saturated heterocycles. The van der Waals surface area contributed by atoms with Crippen LogP contribution in [0.4, 0.5) is 0 Å². The Bertz CT molecular complexity index is 147. The smallest absolute Gasteiger partial charge is 0.0349 e. The topological polar surface area (TPSA) is 26.0 Å². The van der Waals surface area contributed by atoms with E-state index in [2.05, 4.69) is 0 Å². The van der Waals surface area contributed by atoms with Crippen molar-refractivity contribution in [2.24, 2.45) is 5.73 Å². The number of allylic oxidation sites excluding steroid dienone is 2. The lowest BCUT2D eigenvalue weighted by Crippen LogP contribution is -2.33. The van der Waals surface area contributed by atoms with Crippen LogP contribution in [0.25, 0.3) is 0 Å². The Hall–Kier alpha value is -0.560. The first-order valence-electron chi connectivity index (χ1n) is 3.60. The van der Waals surface area contributed by atoms with Crippen molar-refractivity contribution in [2.45, 2.75) is 33.2 Å². The van der Waals surface area contributed by atoms with Crippen LogP contribution in [0.5, 0.6) is 0 Å². The van der Waals surface area contributed by atoms with Gasteiger partial charge < -0.3 is 5.73 Å². The van der Waals surface area contributed by atoms with Crippen LogP contribution in [0.3, 0.4) is 0 Å². The fourth-order valence-corrected chi connectivity index (χ4v) is 0.863. The monoisotopic (exact) mass is 139 g/mol. The molecular formula is C9H17N. The SMILES string of the molecule is C/C=C\C(=C/C)C(C)(C)N. The highest BCUT2D eigenvalue weighted by atomic mass is 14.7. The first-order chi connectivity index (χ1) is 4.52. The molecule has 0 amide bonds. The second-order valence-corrected chi connectivity index (χ2v) is 2.97. The second kappa shape index (κ2) is 3.57. The second-order valence-electron chi connectivity index (χ2n) is 2.97. The third kappa shape index (κ3) is 2.83. The first-order valence-corrected chi connectivity index (χ1v) is 3.60. The molecule has 0 bridgehead atoms. The molecule has 0 radical (unpaired) electrons. The van der Waals surface area contributed by atoms with Gasteiger partial charge >= 0.3 is 0 Å². The predicted octanol–water partition coefficient (Wildman–Crippen LogP) is 2.25. The summed E-state index contributed by atoms with van der Waals surface area (Å²) in [4.78, 5) is 0. The van der Waals surface area contributed by atoms with Gasteiger partial charge in [-0.1, -0.05) is 18.2 Å². The van der Waals surface area contributed by atoms with Crippen molar-refractivity contribution in [3.05, 3.63) is 23.8 Å². The summed E-state index contributed by atoms with van der Waals surface area (Å²) < 4.78 is 0. The van der Waals surface area contributed by atoms with Gasteiger partial charge in [-0.3, -0.25) is 0 Å². The van der Waals surface area contributed by atoms with Crippen LogP contribution in [-0.2, 0) is 0 Å². The molecule has 58 valence electrons. The largest absolute Gasteiger partial charge is 0.322 e. The summed E-state index contributed by atoms with van der Waals surface area (Å²) in [6, 6.07) is 0. The summed E-state index contributed by atoms with van der Waals surface area (Å²) in [5, 5.41) is 0. The number of nitrogens with two attached hydrogens (primary N) is 1. The molecule has 0 aromatic rings. The quantitative estimate of drug-likeness (QED) is 0.583. The molecule has 1 heteroatoms. The summed E-state index contributed by atoms with van der Waals surface area (Å²) in [6.07, 6.45) is 6.09. The summed E-state index contributed by atoms with van der Waals surface area (Å²) in [6.45, 7) is 8.00. The third-order valence-corrected chi connectivity index (χ3v) is 1.40. The zero-order valence-electron chi connectivity index (χ0n) is 7.31. The van der Waals surface area contributed by atoms with Crippen molar-refractivity contribution < 1.29 is 0 Å². The Morgan fingerprint density at radius 2 is 1.80 bits per heavy atom. The lowest BCUT2D eigenvalue weighted by Gasteiger charge is -2.19. The van der Waals surface area contributed by atoms with Crippen molar-refractivity contribution >= 4 is 0 Å². The van der Waals surface area contributed by atoms with Crippen molar-refractivity contribution in [3.8, 4) is 0 Å². The van der Waals surface area contributed by atoms with E-state index < -0.39 is 0 Å². The van der Waals surface area contributed by atoms with E-state index in [1.54, 1.807) is 0 Å². The van der Waals surface area contributed by atoms with Crippen LogP contribution in [0.1, 0.15) is 27.7 Å². The highest BCUT2D eigenvalue weighted by molar-refractivity contribution is 5.27. The van der Waals surface area contributed by atoms with Crippen LogP contribution in [0.15, 0.2) is 23.8 Å². The molecule has 0 unspecified atom stereocenters. The molecule has 0 heterocycles. The summed E-state index contributed by atoms with van der Waals surface area (Å²) >= 11 is 0. The predicted molar refractivity (Wildman–Crippen MR) is 46.8 cm³/mol. The molecule has 10 heavy (non-hydrogen) atoms. The molecule has 0 saturated carbocycles. The molecule has 0 fully saturated rings. The lowest BCUT2D eigenvalue weighted by atomic mass is 9.95. The Morgan fingerprint density at radius 3 is 1.90 bits per heavy atom. The van der Waals surface area contributed by atoms with Gasteiger partial charge in [0.15, 0.2) is 0 Å². The molecule has 0 aliphatic carbocycles. The Labute approximate surface area is 63.6 Å². The van der Waals surface area contributed by atoms with Crippen LogP contribution in [0.2, 0.25) is 0 Å². The van der Waals surface area contributed by atoms with E-state index in [1.807, 2.05) is 45.9 Å². The van der Waals surface area contributed by atoms with Crippen LogP contribution < -0.4 is 5.73 Å². The summed E-state index contributed by atoms with van der Waals surface area (Å²) in [5.41, 5.74) is 6.83. The molecule has 0 aromatic heterocycles. The van der Waals surface area contributed by atoms with Gasteiger partial charge in [-0.25, -0.2) is 0 Å². The average Bonchev–Trinajstić information content (AvgIpc) is 1.80. The maximum Gasteiger partial charge on any atom is 0.0349 e. The van der Waals surface area contributed by atoms with E-state index in [4.69, 9.17) is 5.73 Å². The summed E-state index contributed by atoms with van der Waals surface area (Å²) in [5.74, 6) is 0. The highest BCUT2D eigenvalue weighted by Gasteiger charge is 2.12. The van der Waals surface area contributed by atoms with Crippen molar-refractivity contribution in [1.29, 1.82) is 0 Å². The Balaban J connectivity index is 4.39. The third-order valence-electron chi connectivity index (χ3n) is 1.40. The summed E-state index contributed by atoms with van der Waals surface area (Å²) in [7, 11) is 0. The Morgan fingerprint density at radius 1 is 1.30 bits per heavy atom. The maximum atomic E-state index is 5.86.